The van der Waals surface area contributed by atoms with Gasteiger partial charge < -0.3 is 10.2 Å². The van der Waals surface area contributed by atoms with Crippen molar-refractivity contribution in [2.45, 2.75) is 51.7 Å². The number of hydrogen-bond donors (Lipinski definition) is 2. The fourth-order valence-electron chi connectivity index (χ4n) is 1.00. The first-order chi connectivity index (χ1) is 6.31. The molecular formula is C12H22O2. The van der Waals surface area contributed by atoms with E-state index in [0.717, 1.165) is 12.0 Å². The van der Waals surface area contributed by atoms with Crippen LogP contribution >= 0.6 is 0 Å². The number of rotatable bonds is 6. The van der Waals surface area contributed by atoms with E-state index >= 15 is 0 Å². The molecule has 1 unspecified atom stereocenters. The Balaban J connectivity index is 3.71. The van der Waals surface area contributed by atoms with Gasteiger partial charge in [0.1, 0.15) is 0 Å². The molecule has 0 amide bonds. The molecule has 0 aliphatic rings. The van der Waals surface area contributed by atoms with Gasteiger partial charge in [-0.25, -0.2) is 0 Å². The van der Waals surface area contributed by atoms with Crippen LogP contribution in [0.4, 0.5) is 0 Å². The van der Waals surface area contributed by atoms with Gasteiger partial charge in [0.2, 0.25) is 0 Å². The number of aliphatic hydroxyl groups is 2. The third-order valence-corrected chi connectivity index (χ3v) is 1.84. The Kier molecular flexibility index (Phi) is 5.73. The Morgan fingerprint density at radius 3 is 2.50 bits per heavy atom. The third-order valence-electron chi connectivity index (χ3n) is 1.84. The number of hydrogen-bond acceptors (Lipinski definition) is 2. The van der Waals surface area contributed by atoms with Crippen molar-refractivity contribution in [2.75, 3.05) is 0 Å². The predicted molar refractivity (Wildman–Crippen MR) is 60.1 cm³/mol. The fourth-order valence-corrected chi connectivity index (χ4v) is 1.00. The monoisotopic (exact) mass is 198 g/mol. The summed E-state index contributed by atoms with van der Waals surface area (Å²) < 4.78 is 0. The maximum Gasteiger partial charge on any atom is 0.0724 e. The van der Waals surface area contributed by atoms with Gasteiger partial charge in [-0.1, -0.05) is 17.7 Å². The smallest absolute Gasteiger partial charge is 0.0724 e. The van der Waals surface area contributed by atoms with Crippen LogP contribution in [0.3, 0.4) is 0 Å². The maximum atomic E-state index is 9.49. The quantitative estimate of drug-likeness (QED) is 0.643. The zero-order chi connectivity index (χ0) is 11.2. The molecule has 0 spiro atoms. The lowest BCUT2D eigenvalue weighted by molar-refractivity contribution is 0.0835. The average Bonchev–Trinajstić information content (AvgIpc) is 1.98. The van der Waals surface area contributed by atoms with Gasteiger partial charge in [-0.3, -0.25) is 0 Å². The van der Waals surface area contributed by atoms with E-state index in [4.69, 9.17) is 0 Å². The highest BCUT2D eigenvalue weighted by atomic mass is 16.3. The van der Waals surface area contributed by atoms with Gasteiger partial charge in [0.15, 0.2) is 0 Å². The van der Waals surface area contributed by atoms with Gasteiger partial charge >= 0.3 is 0 Å². The van der Waals surface area contributed by atoms with E-state index in [-0.39, 0.29) is 0 Å². The molecule has 0 aromatic rings. The van der Waals surface area contributed by atoms with E-state index in [1.807, 2.05) is 13.0 Å². The molecule has 0 aliphatic heterocycles. The van der Waals surface area contributed by atoms with Crippen molar-refractivity contribution in [3.8, 4) is 0 Å². The summed E-state index contributed by atoms with van der Waals surface area (Å²) in [5.41, 5.74) is 0.393. The Labute approximate surface area is 87.0 Å². The van der Waals surface area contributed by atoms with Crippen LogP contribution in [-0.4, -0.2) is 21.9 Å². The van der Waals surface area contributed by atoms with Gasteiger partial charge in [0, 0.05) is 0 Å². The van der Waals surface area contributed by atoms with Crippen molar-refractivity contribution >= 4 is 0 Å². The normalized spacial score (nSPS) is 14.6. The minimum absolute atomic E-state index is 0.422. The summed E-state index contributed by atoms with van der Waals surface area (Å²) in [6, 6.07) is 0. The van der Waals surface area contributed by atoms with Crippen LogP contribution in [0.1, 0.15) is 40.0 Å². The van der Waals surface area contributed by atoms with Crippen LogP contribution in [0.2, 0.25) is 0 Å². The molecule has 0 saturated heterocycles. The second-order valence-corrected chi connectivity index (χ2v) is 4.51. The molecule has 0 radical (unpaired) electrons. The zero-order valence-corrected chi connectivity index (χ0v) is 9.45. The first-order valence-electron chi connectivity index (χ1n) is 5.03. The van der Waals surface area contributed by atoms with Gasteiger partial charge in [-0.05, 0) is 40.0 Å². The SMILES string of the molecule is C=C(C)CCC(O)C=CCC(C)(C)O. The summed E-state index contributed by atoms with van der Waals surface area (Å²) in [7, 11) is 0. The Morgan fingerprint density at radius 2 is 2.07 bits per heavy atom. The van der Waals surface area contributed by atoms with E-state index in [9.17, 15) is 10.2 Å². The van der Waals surface area contributed by atoms with Crippen LogP contribution in [0.15, 0.2) is 24.3 Å². The lowest BCUT2D eigenvalue weighted by Crippen LogP contribution is -2.16. The molecule has 0 rings (SSSR count). The van der Waals surface area contributed by atoms with Crippen LogP contribution in [0, 0.1) is 0 Å². The molecular weight excluding hydrogens is 176 g/mol. The van der Waals surface area contributed by atoms with Crippen LogP contribution in [0.5, 0.6) is 0 Å². The minimum Gasteiger partial charge on any atom is -0.390 e. The minimum atomic E-state index is -0.690. The highest BCUT2D eigenvalue weighted by Crippen LogP contribution is 2.10. The van der Waals surface area contributed by atoms with Gasteiger partial charge in [-0.15, -0.1) is 6.58 Å². The van der Waals surface area contributed by atoms with E-state index in [1.54, 1.807) is 19.9 Å². The molecule has 1 atom stereocenters. The standard InChI is InChI=1S/C12H22O2/c1-10(2)7-8-11(13)6-5-9-12(3,4)14/h5-6,11,13-14H,1,7-9H2,2-4H3. The molecule has 0 aromatic carbocycles. The lowest BCUT2D eigenvalue weighted by atomic mass is 10.0. The fraction of sp³-hybridized carbons (Fsp3) is 0.667. The number of aliphatic hydroxyl groups excluding tert-OH is 1. The molecule has 0 heterocycles. The van der Waals surface area contributed by atoms with E-state index in [0.29, 0.717) is 12.8 Å². The van der Waals surface area contributed by atoms with Crippen LogP contribution in [0.25, 0.3) is 0 Å². The van der Waals surface area contributed by atoms with Gasteiger partial charge in [0.05, 0.1) is 11.7 Å². The Morgan fingerprint density at radius 1 is 1.50 bits per heavy atom. The van der Waals surface area contributed by atoms with Crippen molar-refractivity contribution in [2.24, 2.45) is 0 Å². The second-order valence-electron chi connectivity index (χ2n) is 4.51. The lowest BCUT2D eigenvalue weighted by Gasteiger charge is -2.14. The predicted octanol–water partition coefficient (Wildman–Crippen LogP) is 2.42. The molecule has 0 saturated carbocycles. The molecule has 14 heavy (non-hydrogen) atoms. The van der Waals surface area contributed by atoms with Crippen molar-refractivity contribution in [3.05, 3.63) is 24.3 Å². The first-order valence-corrected chi connectivity index (χ1v) is 5.03. The molecule has 2 N–H and O–H groups in total. The summed E-state index contributed by atoms with van der Waals surface area (Å²) in [4.78, 5) is 0. The Bertz CT molecular complexity index is 199. The second kappa shape index (κ2) is 5.99. The van der Waals surface area contributed by atoms with Crippen LogP contribution < -0.4 is 0 Å². The summed E-state index contributed by atoms with van der Waals surface area (Å²) >= 11 is 0. The number of allylic oxidation sites excluding steroid dienone is 1. The third kappa shape index (κ3) is 9.49. The summed E-state index contributed by atoms with van der Waals surface area (Å²) in [5, 5.41) is 18.9. The molecule has 82 valence electrons. The van der Waals surface area contributed by atoms with Crippen LogP contribution in [-0.2, 0) is 0 Å². The molecule has 2 heteroatoms. The summed E-state index contributed by atoms with van der Waals surface area (Å²) in [5.74, 6) is 0. The summed E-state index contributed by atoms with van der Waals surface area (Å²) in [6.45, 7) is 9.22. The largest absolute Gasteiger partial charge is 0.390 e. The van der Waals surface area contributed by atoms with Crippen molar-refractivity contribution in [1.82, 2.24) is 0 Å². The zero-order valence-electron chi connectivity index (χ0n) is 9.45. The van der Waals surface area contributed by atoms with Crippen molar-refractivity contribution < 1.29 is 10.2 Å². The molecule has 0 aliphatic carbocycles. The maximum absolute atomic E-state index is 9.49. The van der Waals surface area contributed by atoms with Crippen molar-refractivity contribution in [1.29, 1.82) is 0 Å². The summed E-state index contributed by atoms with van der Waals surface area (Å²) in [6.07, 6.45) is 5.25. The van der Waals surface area contributed by atoms with E-state index in [2.05, 4.69) is 6.58 Å². The molecule has 0 bridgehead atoms. The van der Waals surface area contributed by atoms with Crippen molar-refractivity contribution in [3.63, 3.8) is 0 Å². The van der Waals surface area contributed by atoms with Gasteiger partial charge in [0.25, 0.3) is 0 Å². The van der Waals surface area contributed by atoms with Gasteiger partial charge in [-0.2, -0.15) is 0 Å². The highest BCUT2D eigenvalue weighted by Gasteiger charge is 2.09. The molecule has 0 aromatic heterocycles. The van der Waals surface area contributed by atoms with E-state index < -0.39 is 11.7 Å². The molecule has 2 nitrogen and oxygen atoms in total. The first kappa shape index (κ1) is 13.4. The molecule has 0 fully saturated rings. The highest BCUT2D eigenvalue weighted by molar-refractivity contribution is 4.95. The Hall–Kier alpha value is -0.600. The average molecular weight is 198 g/mol. The van der Waals surface area contributed by atoms with E-state index in [1.165, 1.54) is 0 Å². The topological polar surface area (TPSA) is 40.5 Å².